The van der Waals surface area contributed by atoms with E-state index in [2.05, 4.69) is 24.7 Å². The van der Waals surface area contributed by atoms with Crippen molar-refractivity contribution in [1.82, 2.24) is 14.1 Å². The fourth-order valence-electron chi connectivity index (χ4n) is 4.32. The fraction of sp³-hybridized carbons (Fsp3) is 0.591. The predicted molar refractivity (Wildman–Crippen MR) is 114 cm³/mol. The maximum atomic E-state index is 13.2. The van der Waals surface area contributed by atoms with Gasteiger partial charge < -0.3 is 4.90 Å². The van der Waals surface area contributed by atoms with Gasteiger partial charge in [0.15, 0.2) is 0 Å². The number of piperazine rings is 1. The fourth-order valence-corrected chi connectivity index (χ4v) is 6.05. The van der Waals surface area contributed by atoms with Crippen LogP contribution in [0.4, 0.5) is 0 Å². The Balaban J connectivity index is 1.71. The van der Waals surface area contributed by atoms with Crippen LogP contribution in [0.1, 0.15) is 37.0 Å². The van der Waals surface area contributed by atoms with Crippen LogP contribution < -0.4 is 0 Å². The number of rotatable bonds is 5. The summed E-state index contributed by atoms with van der Waals surface area (Å²) in [4.78, 5) is 17.2. The van der Waals surface area contributed by atoms with Gasteiger partial charge >= 0.3 is 0 Å². The van der Waals surface area contributed by atoms with Gasteiger partial charge in [0.1, 0.15) is 0 Å². The second-order valence-electron chi connectivity index (χ2n) is 8.38. The van der Waals surface area contributed by atoms with Crippen molar-refractivity contribution in [2.24, 2.45) is 11.8 Å². The highest BCUT2D eigenvalue weighted by atomic mass is 32.2. The summed E-state index contributed by atoms with van der Waals surface area (Å²) >= 11 is 0. The Kier molecular flexibility index (Phi) is 6.99. The number of piperidine rings is 1. The number of benzene rings is 1. The van der Waals surface area contributed by atoms with Crippen LogP contribution in [0, 0.1) is 24.2 Å². The van der Waals surface area contributed by atoms with Crippen molar-refractivity contribution in [2.75, 3.05) is 45.8 Å². The first-order valence-corrected chi connectivity index (χ1v) is 11.8. The van der Waals surface area contributed by atoms with Crippen molar-refractivity contribution in [2.45, 2.75) is 31.6 Å². The lowest BCUT2D eigenvalue weighted by Crippen LogP contribution is -2.48. The van der Waals surface area contributed by atoms with Gasteiger partial charge in [-0.2, -0.15) is 4.31 Å². The van der Waals surface area contributed by atoms with Crippen LogP contribution in [0.25, 0.3) is 0 Å². The first kappa shape index (κ1) is 21.8. The minimum atomic E-state index is -3.60. The number of carbonyl (C=O) groups excluding carboxylic acids is 1. The van der Waals surface area contributed by atoms with Crippen molar-refractivity contribution >= 4 is 15.9 Å². The third kappa shape index (κ3) is 5.19. The maximum Gasteiger partial charge on any atom is 0.253 e. The van der Waals surface area contributed by atoms with Gasteiger partial charge in [-0.25, -0.2) is 8.42 Å². The van der Waals surface area contributed by atoms with Crippen LogP contribution in [0.3, 0.4) is 0 Å². The first-order valence-electron chi connectivity index (χ1n) is 10.4. The SMILES string of the molecule is C#CCCN1CCN(C(=O)c2cccc(S(=O)(=O)N3C[C@@H](C)C[C@H](C)C3)c2)CC1. The molecule has 2 aliphatic rings. The summed E-state index contributed by atoms with van der Waals surface area (Å²) in [5.74, 6) is 3.21. The zero-order valence-electron chi connectivity index (χ0n) is 17.4. The van der Waals surface area contributed by atoms with Gasteiger partial charge in [-0.3, -0.25) is 9.69 Å². The Hall–Kier alpha value is -1.88. The van der Waals surface area contributed by atoms with Crippen LogP contribution >= 0.6 is 0 Å². The number of sulfonamides is 1. The number of hydrogen-bond acceptors (Lipinski definition) is 4. The van der Waals surface area contributed by atoms with Crippen LogP contribution in [-0.2, 0) is 10.0 Å². The standard InChI is InChI=1S/C22H31N3O3S/c1-4-5-9-23-10-12-24(13-11-23)22(26)20-7-6-8-21(15-20)29(27,28)25-16-18(2)14-19(3)17-25/h1,6-8,15,18-19H,5,9-14,16-17H2,2-3H3/t18-,19-/m0/s1. The molecule has 2 heterocycles. The molecule has 1 aromatic carbocycles. The minimum Gasteiger partial charge on any atom is -0.336 e. The molecular weight excluding hydrogens is 386 g/mol. The molecule has 0 aliphatic carbocycles. The molecule has 2 atom stereocenters. The molecule has 0 saturated carbocycles. The van der Waals surface area contributed by atoms with E-state index in [9.17, 15) is 13.2 Å². The molecule has 3 rings (SSSR count). The topological polar surface area (TPSA) is 60.9 Å². The molecule has 0 unspecified atom stereocenters. The van der Waals surface area contributed by atoms with Gasteiger partial charge in [-0.1, -0.05) is 19.9 Å². The van der Waals surface area contributed by atoms with Crippen molar-refractivity contribution < 1.29 is 13.2 Å². The summed E-state index contributed by atoms with van der Waals surface area (Å²) in [6.45, 7) is 8.91. The van der Waals surface area contributed by atoms with E-state index in [-0.39, 0.29) is 10.8 Å². The van der Waals surface area contributed by atoms with Gasteiger partial charge in [-0.05, 0) is 36.5 Å². The molecule has 2 saturated heterocycles. The number of nitrogens with zero attached hydrogens (tertiary/aromatic N) is 3. The molecule has 0 radical (unpaired) electrons. The Bertz CT molecular complexity index is 860. The third-order valence-corrected chi connectivity index (χ3v) is 7.61. The Morgan fingerprint density at radius 2 is 1.79 bits per heavy atom. The number of carbonyl (C=O) groups is 1. The van der Waals surface area contributed by atoms with E-state index in [4.69, 9.17) is 6.42 Å². The largest absolute Gasteiger partial charge is 0.336 e. The summed E-state index contributed by atoms with van der Waals surface area (Å²) in [7, 11) is -3.60. The average molecular weight is 418 g/mol. The second-order valence-corrected chi connectivity index (χ2v) is 10.3. The quantitative estimate of drug-likeness (QED) is 0.689. The predicted octanol–water partition coefficient (Wildman–Crippen LogP) is 2.13. The Morgan fingerprint density at radius 3 is 2.41 bits per heavy atom. The van der Waals surface area contributed by atoms with Gasteiger partial charge in [0, 0.05) is 57.8 Å². The van der Waals surface area contributed by atoms with Crippen LogP contribution in [0.15, 0.2) is 29.2 Å². The molecule has 1 amide bonds. The zero-order valence-corrected chi connectivity index (χ0v) is 18.2. The lowest BCUT2D eigenvalue weighted by atomic mass is 9.94. The smallest absolute Gasteiger partial charge is 0.253 e. The number of hydrogen-bond donors (Lipinski definition) is 0. The third-order valence-electron chi connectivity index (χ3n) is 5.79. The molecule has 158 valence electrons. The van der Waals surface area contributed by atoms with E-state index in [0.717, 1.165) is 26.1 Å². The summed E-state index contributed by atoms with van der Waals surface area (Å²) < 4.78 is 27.9. The Labute approximate surface area is 174 Å². The maximum absolute atomic E-state index is 13.2. The molecular formula is C22H31N3O3S. The van der Waals surface area contributed by atoms with Crippen molar-refractivity contribution in [3.8, 4) is 12.3 Å². The normalized spacial score (nSPS) is 24.2. The van der Waals surface area contributed by atoms with E-state index in [1.54, 1.807) is 27.4 Å². The van der Waals surface area contributed by atoms with Crippen LogP contribution in [0.2, 0.25) is 0 Å². The molecule has 2 fully saturated rings. The van der Waals surface area contributed by atoms with E-state index in [0.29, 0.717) is 50.0 Å². The van der Waals surface area contributed by atoms with E-state index in [1.807, 2.05) is 0 Å². The van der Waals surface area contributed by atoms with Gasteiger partial charge in [0.2, 0.25) is 10.0 Å². The van der Waals surface area contributed by atoms with Crippen molar-refractivity contribution in [3.63, 3.8) is 0 Å². The summed E-state index contributed by atoms with van der Waals surface area (Å²) in [6, 6.07) is 6.49. The number of terminal acetylenes is 1. The molecule has 29 heavy (non-hydrogen) atoms. The van der Waals surface area contributed by atoms with E-state index >= 15 is 0 Å². The summed E-state index contributed by atoms with van der Waals surface area (Å²) in [5, 5.41) is 0. The zero-order chi connectivity index (χ0) is 21.0. The highest BCUT2D eigenvalue weighted by Gasteiger charge is 2.32. The van der Waals surface area contributed by atoms with Crippen molar-refractivity contribution in [1.29, 1.82) is 0 Å². The monoisotopic (exact) mass is 417 g/mol. The van der Waals surface area contributed by atoms with Crippen LogP contribution in [0.5, 0.6) is 0 Å². The van der Waals surface area contributed by atoms with Gasteiger partial charge in [-0.15, -0.1) is 12.3 Å². The highest BCUT2D eigenvalue weighted by molar-refractivity contribution is 7.89. The molecule has 1 aromatic rings. The van der Waals surface area contributed by atoms with Gasteiger partial charge in [0.25, 0.3) is 5.91 Å². The van der Waals surface area contributed by atoms with Crippen molar-refractivity contribution in [3.05, 3.63) is 29.8 Å². The molecule has 0 N–H and O–H groups in total. The van der Waals surface area contributed by atoms with E-state index < -0.39 is 10.0 Å². The second kappa shape index (κ2) is 9.29. The summed E-state index contributed by atoms with van der Waals surface area (Å²) in [6.07, 6.45) is 7.07. The van der Waals surface area contributed by atoms with Gasteiger partial charge in [0.05, 0.1) is 4.90 Å². The average Bonchev–Trinajstić information content (AvgIpc) is 2.71. The lowest BCUT2D eigenvalue weighted by Gasteiger charge is -2.35. The first-order chi connectivity index (χ1) is 13.8. The molecule has 0 spiro atoms. The highest BCUT2D eigenvalue weighted by Crippen LogP contribution is 2.27. The number of amides is 1. The Morgan fingerprint density at radius 1 is 1.14 bits per heavy atom. The minimum absolute atomic E-state index is 0.112. The van der Waals surface area contributed by atoms with E-state index in [1.165, 1.54) is 6.07 Å². The molecule has 7 heteroatoms. The molecule has 2 aliphatic heterocycles. The molecule has 0 aromatic heterocycles. The molecule has 6 nitrogen and oxygen atoms in total. The summed E-state index contributed by atoms with van der Waals surface area (Å²) in [5.41, 5.74) is 0.432. The molecule has 0 bridgehead atoms. The van der Waals surface area contributed by atoms with Crippen LogP contribution in [-0.4, -0.2) is 74.2 Å². The lowest BCUT2D eigenvalue weighted by molar-refractivity contribution is 0.0639.